The molecule has 2 heterocycles. The van der Waals surface area contributed by atoms with E-state index in [-0.39, 0.29) is 0 Å². The molecule has 0 spiro atoms. The van der Waals surface area contributed by atoms with Crippen LogP contribution in [0.3, 0.4) is 0 Å². The zero-order valence-corrected chi connectivity index (χ0v) is 14.6. The third-order valence-corrected chi connectivity index (χ3v) is 4.75. The van der Waals surface area contributed by atoms with Gasteiger partial charge in [0.25, 0.3) is 0 Å². The maximum absolute atomic E-state index is 4.74. The van der Waals surface area contributed by atoms with Crippen molar-refractivity contribution in [3.05, 3.63) is 16.3 Å². The molecule has 5 nitrogen and oxygen atoms in total. The van der Waals surface area contributed by atoms with Crippen LogP contribution in [0.25, 0.3) is 10.2 Å². The van der Waals surface area contributed by atoms with E-state index >= 15 is 0 Å². The zero-order chi connectivity index (χ0) is 15.6. The smallest absolute Gasteiger partial charge is 0.146 e. The number of aromatic nitrogens is 2. The Labute approximate surface area is 131 Å². The number of hydrogen-bond donors (Lipinski definition) is 1. The largest absolute Gasteiger partial charge is 0.372 e. The van der Waals surface area contributed by atoms with Crippen molar-refractivity contribution >= 4 is 27.4 Å². The molecule has 0 atom stereocenters. The second-order valence-electron chi connectivity index (χ2n) is 5.74. The second kappa shape index (κ2) is 6.68. The maximum Gasteiger partial charge on any atom is 0.146 e. The Bertz CT molecular complexity index is 620. The Morgan fingerprint density at radius 3 is 2.43 bits per heavy atom. The predicted molar refractivity (Wildman–Crippen MR) is 91.3 cm³/mol. The molecule has 2 aromatic heterocycles. The van der Waals surface area contributed by atoms with Crippen molar-refractivity contribution in [2.45, 2.75) is 20.4 Å². The fourth-order valence-electron chi connectivity index (χ4n) is 2.24. The lowest BCUT2D eigenvalue weighted by Crippen LogP contribution is -2.29. The summed E-state index contributed by atoms with van der Waals surface area (Å²) in [6.45, 7) is 7.10. The van der Waals surface area contributed by atoms with Gasteiger partial charge in [0.1, 0.15) is 16.5 Å². The molecule has 0 bridgehead atoms. The average Bonchev–Trinajstić information content (AvgIpc) is 2.71. The topological polar surface area (TPSA) is 44.3 Å². The van der Waals surface area contributed by atoms with Crippen molar-refractivity contribution in [1.82, 2.24) is 19.8 Å². The number of hydrogen-bond acceptors (Lipinski definition) is 6. The van der Waals surface area contributed by atoms with Crippen LogP contribution in [0, 0.1) is 13.8 Å². The highest BCUT2D eigenvalue weighted by atomic mass is 32.1. The minimum absolute atomic E-state index is 0.772. The molecule has 0 radical (unpaired) electrons. The zero-order valence-electron chi connectivity index (χ0n) is 13.8. The van der Waals surface area contributed by atoms with Gasteiger partial charge in [-0.3, -0.25) is 4.90 Å². The van der Waals surface area contributed by atoms with E-state index in [1.54, 1.807) is 11.3 Å². The molecule has 0 aliphatic rings. The Balaban J connectivity index is 2.25. The van der Waals surface area contributed by atoms with Gasteiger partial charge in [-0.25, -0.2) is 9.97 Å². The maximum atomic E-state index is 4.74. The SMILES string of the molecule is CNc1nc(CN(C)CCN(C)C)nc2sc(C)c(C)c12. The summed E-state index contributed by atoms with van der Waals surface area (Å²) in [5, 5.41) is 4.38. The molecular formula is C15H25N5S. The van der Waals surface area contributed by atoms with E-state index in [4.69, 9.17) is 4.98 Å². The normalized spacial score (nSPS) is 11.8. The Hall–Kier alpha value is -1.24. The van der Waals surface area contributed by atoms with E-state index in [1.165, 1.54) is 15.8 Å². The molecule has 2 rings (SSSR count). The van der Waals surface area contributed by atoms with E-state index < -0.39 is 0 Å². The molecule has 21 heavy (non-hydrogen) atoms. The fourth-order valence-corrected chi connectivity index (χ4v) is 3.28. The van der Waals surface area contributed by atoms with Crippen molar-refractivity contribution in [2.75, 3.05) is 46.6 Å². The van der Waals surface area contributed by atoms with Crippen LogP contribution in [-0.4, -0.2) is 61.0 Å². The van der Waals surface area contributed by atoms with Crippen LogP contribution in [0.5, 0.6) is 0 Å². The van der Waals surface area contributed by atoms with Crippen LogP contribution in [0.2, 0.25) is 0 Å². The summed E-state index contributed by atoms with van der Waals surface area (Å²) in [6, 6.07) is 0. The fraction of sp³-hybridized carbons (Fsp3) is 0.600. The van der Waals surface area contributed by atoms with Gasteiger partial charge in [0.05, 0.1) is 11.9 Å². The van der Waals surface area contributed by atoms with Crippen molar-refractivity contribution < 1.29 is 0 Å². The number of thiophene rings is 1. The van der Waals surface area contributed by atoms with Crippen LogP contribution >= 0.6 is 11.3 Å². The van der Waals surface area contributed by atoms with E-state index in [0.29, 0.717) is 0 Å². The molecule has 0 aliphatic heterocycles. The number of rotatable bonds is 6. The lowest BCUT2D eigenvalue weighted by Gasteiger charge is -2.18. The van der Waals surface area contributed by atoms with Crippen molar-refractivity contribution in [1.29, 1.82) is 0 Å². The summed E-state index contributed by atoms with van der Waals surface area (Å²) in [5.41, 5.74) is 1.28. The summed E-state index contributed by atoms with van der Waals surface area (Å²) in [5.74, 6) is 1.83. The first-order valence-electron chi connectivity index (χ1n) is 7.20. The second-order valence-corrected chi connectivity index (χ2v) is 6.95. The van der Waals surface area contributed by atoms with Gasteiger partial charge in [0.15, 0.2) is 0 Å². The first-order valence-corrected chi connectivity index (χ1v) is 8.01. The van der Waals surface area contributed by atoms with Gasteiger partial charge in [0.2, 0.25) is 0 Å². The van der Waals surface area contributed by atoms with Crippen LogP contribution in [0.4, 0.5) is 5.82 Å². The molecule has 0 fully saturated rings. The summed E-state index contributed by atoms with van der Waals surface area (Å²) in [4.78, 5) is 16.3. The number of nitrogens with one attached hydrogen (secondary N) is 1. The molecular weight excluding hydrogens is 282 g/mol. The minimum atomic E-state index is 0.772. The van der Waals surface area contributed by atoms with Gasteiger partial charge in [-0.1, -0.05) is 0 Å². The van der Waals surface area contributed by atoms with Crippen molar-refractivity contribution in [3.8, 4) is 0 Å². The summed E-state index contributed by atoms with van der Waals surface area (Å²) in [6.07, 6.45) is 0. The molecule has 116 valence electrons. The lowest BCUT2D eigenvalue weighted by molar-refractivity contribution is 0.271. The first-order chi connectivity index (χ1) is 9.92. The standard InChI is InChI=1S/C15H25N5S/c1-10-11(2)21-15-13(10)14(16-3)17-12(18-15)9-20(6)8-7-19(4)5/h7-9H2,1-6H3,(H,16,17,18). The third-order valence-electron chi connectivity index (χ3n) is 3.65. The average molecular weight is 307 g/mol. The van der Waals surface area contributed by atoms with Crippen LogP contribution < -0.4 is 5.32 Å². The highest BCUT2D eigenvalue weighted by molar-refractivity contribution is 7.18. The molecule has 6 heteroatoms. The van der Waals surface area contributed by atoms with Crippen LogP contribution in [0.1, 0.15) is 16.3 Å². The number of aryl methyl sites for hydroxylation is 2. The van der Waals surface area contributed by atoms with Crippen molar-refractivity contribution in [3.63, 3.8) is 0 Å². The Morgan fingerprint density at radius 2 is 1.81 bits per heavy atom. The van der Waals surface area contributed by atoms with E-state index in [2.05, 4.69) is 55.1 Å². The van der Waals surface area contributed by atoms with Gasteiger partial charge >= 0.3 is 0 Å². The highest BCUT2D eigenvalue weighted by Gasteiger charge is 2.14. The first kappa shape index (κ1) is 16.1. The molecule has 0 saturated heterocycles. The number of anilines is 1. The summed E-state index contributed by atoms with van der Waals surface area (Å²) in [7, 11) is 8.22. The Morgan fingerprint density at radius 1 is 1.10 bits per heavy atom. The van der Waals surface area contributed by atoms with E-state index in [9.17, 15) is 0 Å². The van der Waals surface area contributed by atoms with Crippen LogP contribution in [0.15, 0.2) is 0 Å². The van der Waals surface area contributed by atoms with E-state index in [0.717, 1.165) is 36.1 Å². The molecule has 2 aromatic rings. The molecule has 0 amide bonds. The van der Waals surface area contributed by atoms with Gasteiger partial charge < -0.3 is 10.2 Å². The molecule has 0 aliphatic carbocycles. The van der Waals surface area contributed by atoms with Crippen LogP contribution in [-0.2, 0) is 6.54 Å². The molecule has 0 unspecified atom stereocenters. The summed E-state index contributed by atoms with van der Waals surface area (Å²) >= 11 is 1.75. The lowest BCUT2D eigenvalue weighted by atomic mass is 10.2. The van der Waals surface area contributed by atoms with Gasteiger partial charge in [-0.15, -0.1) is 11.3 Å². The molecule has 0 aromatic carbocycles. The predicted octanol–water partition coefficient (Wildman–Crippen LogP) is 2.34. The van der Waals surface area contributed by atoms with Gasteiger partial charge in [-0.05, 0) is 40.6 Å². The third kappa shape index (κ3) is 3.70. The highest BCUT2D eigenvalue weighted by Crippen LogP contribution is 2.33. The number of likely N-dealkylation sites (N-methyl/N-ethyl adjacent to an activating group) is 2. The van der Waals surface area contributed by atoms with Gasteiger partial charge in [-0.2, -0.15) is 0 Å². The quantitative estimate of drug-likeness (QED) is 0.887. The monoisotopic (exact) mass is 307 g/mol. The number of nitrogens with zero attached hydrogens (tertiary/aromatic N) is 4. The molecule has 1 N–H and O–H groups in total. The summed E-state index contributed by atoms with van der Waals surface area (Å²) < 4.78 is 0. The van der Waals surface area contributed by atoms with E-state index in [1.807, 2.05) is 7.05 Å². The molecule has 0 saturated carbocycles. The van der Waals surface area contributed by atoms with Crippen molar-refractivity contribution in [2.24, 2.45) is 0 Å². The minimum Gasteiger partial charge on any atom is -0.372 e. The Kier molecular flexibility index (Phi) is 5.13. The number of fused-ring (bicyclic) bond motifs is 1. The van der Waals surface area contributed by atoms with Gasteiger partial charge in [0, 0.05) is 25.0 Å².